The maximum absolute atomic E-state index is 3.63. The SMILES string of the molecule is C=CC(C)(C)C.CC#CC(C)(C)C.CN(C)C/C=C/C(C)(C)C. The van der Waals surface area contributed by atoms with E-state index < -0.39 is 0 Å². The highest BCUT2D eigenvalue weighted by molar-refractivity contribution is 5.04. The van der Waals surface area contributed by atoms with Gasteiger partial charge in [-0.1, -0.05) is 65.7 Å². The molecule has 0 aromatic rings. The number of hydrogen-bond donors (Lipinski definition) is 0. The van der Waals surface area contributed by atoms with Crippen molar-refractivity contribution in [2.24, 2.45) is 16.2 Å². The van der Waals surface area contributed by atoms with Crippen LogP contribution in [0.2, 0.25) is 0 Å². The molecule has 1 heteroatoms. The zero-order valence-electron chi connectivity index (χ0n) is 18.1. The molecule has 136 valence electrons. The second-order valence-electron chi connectivity index (χ2n) is 9.23. The molecule has 1 nitrogen and oxygen atoms in total. The molecule has 0 saturated carbocycles. The molecular formula is C22H43N. The van der Waals surface area contributed by atoms with Crippen molar-refractivity contribution in [1.82, 2.24) is 4.90 Å². The van der Waals surface area contributed by atoms with E-state index in [1.807, 2.05) is 13.0 Å². The zero-order chi connectivity index (χ0) is 19.3. The van der Waals surface area contributed by atoms with Crippen molar-refractivity contribution < 1.29 is 0 Å². The van der Waals surface area contributed by atoms with Crippen molar-refractivity contribution in [3.05, 3.63) is 24.8 Å². The van der Waals surface area contributed by atoms with Crippen LogP contribution in [0.15, 0.2) is 24.8 Å². The summed E-state index contributed by atoms with van der Waals surface area (Å²) < 4.78 is 0. The van der Waals surface area contributed by atoms with Crippen molar-refractivity contribution >= 4 is 0 Å². The van der Waals surface area contributed by atoms with E-state index in [0.29, 0.717) is 10.8 Å². The van der Waals surface area contributed by atoms with Gasteiger partial charge in [0.05, 0.1) is 0 Å². The molecule has 0 heterocycles. The van der Waals surface area contributed by atoms with Gasteiger partial charge in [0.25, 0.3) is 0 Å². The standard InChI is InChI=1S/C9H19N.C7H12.C6H12/c1-9(2,3)7-6-8-10(4)5;1-5-6-7(2,3)4;1-5-6(2,3)4/h6-7H,8H2,1-5H3;1-4H3;5H,1H2,2-4H3/b7-6+;;. The largest absolute Gasteiger partial charge is 0.306 e. The highest BCUT2D eigenvalue weighted by Crippen LogP contribution is 2.14. The second kappa shape index (κ2) is 12.4. The van der Waals surface area contributed by atoms with E-state index in [1.165, 1.54) is 0 Å². The van der Waals surface area contributed by atoms with Crippen LogP contribution in [0.5, 0.6) is 0 Å². The Morgan fingerprint density at radius 2 is 1.26 bits per heavy atom. The second-order valence-corrected chi connectivity index (χ2v) is 9.23. The zero-order valence-corrected chi connectivity index (χ0v) is 18.1. The molecule has 0 fully saturated rings. The Hall–Kier alpha value is -1.00. The third kappa shape index (κ3) is 44.9. The Labute approximate surface area is 148 Å². The first-order chi connectivity index (χ1) is 10.0. The van der Waals surface area contributed by atoms with E-state index in [2.05, 4.69) is 112 Å². The summed E-state index contributed by atoms with van der Waals surface area (Å²) in [7, 11) is 4.15. The molecule has 0 saturated heterocycles. The molecule has 0 aliphatic carbocycles. The Morgan fingerprint density at radius 3 is 1.39 bits per heavy atom. The lowest BCUT2D eigenvalue weighted by atomic mass is 9.96. The van der Waals surface area contributed by atoms with E-state index in [-0.39, 0.29) is 5.41 Å². The summed E-state index contributed by atoms with van der Waals surface area (Å²) in [6.07, 6.45) is 6.39. The highest BCUT2D eigenvalue weighted by Gasteiger charge is 2.02. The lowest BCUT2D eigenvalue weighted by molar-refractivity contribution is 0.451. The van der Waals surface area contributed by atoms with Gasteiger partial charge in [0.15, 0.2) is 0 Å². The topological polar surface area (TPSA) is 3.24 Å². The Bertz CT molecular complexity index is 367. The molecule has 0 rings (SSSR count). The lowest BCUT2D eigenvalue weighted by Gasteiger charge is -2.12. The summed E-state index contributed by atoms with van der Waals surface area (Å²) >= 11 is 0. The van der Waals surface area contributed by atoms with E-state index in [4.69, 9.17) is 0 Å². The van der Waals surface area contributed by atoms with Gasteiger partial charge >= 0.3 is 0 Å². The average Bonchev–Trinajstić information content (AvgIpc) is 2.25. The van der Waals surface area contributed by atoms with E-state index >= 15 is 0 Å². The summed E-state index contributed by atoms with van der Waals surface area (Å²) in [6, 6.07) is 0. The number of likely N-dealkylation sites (N-methyl/N-ethyl adjacent to an activating group) is 1. The quantitative estimate of drug-likeness (QED) is 0.419. The third-order valence-corrected chi connectivity index (χ3v) is 2.20. The van der Waals surface area contributed by atoms with E-state index in [9.17, 15) is 0 Å². The fourth-order valence-electron chi connectivity index (χ4n) is 0.992. The fraction of sp³-hybridized carbons (Fsp3) is 0.727. The number of hydrogen-bond acceptors (Lipinski definition) is 1. The molecule has 0 atom stereocenters. The molecule has 0 aliphatic rings. The Morgan fingerprint density at radius 1 is 0.870 bits per heavy atom. The number of rotatable bonds is 2. The van der Waals surface area contributed by atoms with Gasteiger partial charge in [0.1, 0.15) is 0 Å². The maximum Gasteiger partial charge on any atom is 0.0230 e. The van der Waals surface area contributed by atoms with Crippen LogP contribution in [-0.2, 0) is 0 Å². The molecule has 23 heavy (non-hydrogen) atoms. The van der Waals surface area contributed by atoms with Gasteiger partial charge < -0.3 is 4.90 Å². The summed E-state index contributed by atoms with van der Waals surface area (Å²) in [5.41, 5.74) is 0.824. The first-order valence-electron chi connectivity index (χ1n) is 8.44. The van der Waals surface area contributed by atoms with Gasteiger partial charge in [-0.3, -0.25) is 0 Å². The van der Waals surface area contributed by atoms with Gasteiger partial charge in [-0.15, -0.1) is 12.5 Å². The third-order valence-electron chi connectivity index (χ3n) is 2.20. The molecule has 0 aliphatic heterocycles. The summed E-state index contributed by atoms with van der Waals surface area (Å²) in [4.78, 5) is 2.15. The first kappa shape index (κ1) is 26.9. The van der Waals surface area contributed by atoms with Gasteiger partial charge in [0, 0.05) is 12.0 Å². The van der Waals surface area contributed by atoms with Crippen LogP contribution in [0.3, 0.4) is 0 Å². The van der Waals surface area contributed by atoms with Gasteiger partial charge in [-0.2, -0.15) is 0 Å². The molecule has 0 aromatic carbocycles. The van der Waals surface area contributed by atoms with Crippen LogP contribution in [0.1, 0.15) is 69.2 Å². The molecule has 0 radical (unpaired) electrons. The molecule has 0 bridgehead atoms. The predicted molar refractivity (Wildman–Crippen MR) is 110 cm³/mol. The van der Waals surface area contributed by atoms with Crippen molar-refractivity contribution in [2.75, 3.05) is 20.6 Å². The minimum atomic E-state index is 0.189. The summed E-state index contributed by atoms with van der Waals surface area (Å²) in [5, 5.41) is 0. The monoisotopic (exact) mass is 321 g/mol. The average molecular weight is 322 g/mol. The van der Waals surface area contributed by atoms with E-state index in [0.717, 1.165) is 6.54 Å². The molecule has 0 unspecified atom stereocenters. The van der Waals surface area contributed by atoms with Gasteiger partial charge in [0.2, 0.25) is 0 Å². The smallest absolute Gasteiger partial charge is 0.0230 e. The first-order valence-corrected chi connectivity index (χ1v) is 8.44. The van der Waals surface area contributed by atoms with Crippen molar-refractivity contribution in [3.8, 4) is 11.8 Å². The normalized spacial score (nSPS) is 11.7. The molecule has 0 spiro atoms. The van der Waals surface area contributed by atoms with E-state index in [1.54, 1.807) is 0 Å². The van der Waals surface area contributed by atoms with Crippen LogP contribution in [0.25, 0.3) is 0 Å². The maximum atomic E-state index is 3.63. The molecular weight excluding hydrogens is 278 g/mol. The molecule has 0 aromatic heterocycles. The summed E-state index contributed by atoms with van der Waals surface area (Å²) in [5.74, 6) is 5.89. The Balaban J connectivity index is -0.000000272. The summed E-state index contributed by atoms with van der Waals surface area (Å²) in [6.45, 7) is 25.8. The number of allylic oxidation sites excluding steroid dienone is 2. The van der Waals surface area contributed by atoms with Crippen LogP contribution < -0.4 is 0 Å². The lowest BCUT2D eigenvalue weighted by Crippen LogP contribution is -2.11. The van der Waals surface area contributed by atoms with Crippen molar-refractivity contribution in [3.63, 3.8) is 0 Å². The van der Waals surface area contributed by atoms with Crippen molar-refractivity contribution in [1.29, 1.82) is 0 Å². The minimum absolute atomic E-state index is 0.189. The fourth-order valence-corrected chi connectivity index (χ4v) is 0.992. The number of nitrogens with zero attached hydrogens (tertiary/aromatic N) is 1. The highest BCUT2D eigenvalue weighted by atomic mass is 15.0. The minimum Gasteiger partial charge on any atom is -0.306 e. The van der Waals surface area contributed by atoms with Gasteiger partial charge in [-0.25, -0.2) is 0 Å². The van der Waals surface area contributed by atoms with Crippen LogP contribution in [-0.4, -0.2) is 25.5 Å². The molecule has 0 N–H and O–H groups in total. The van der Waals surface area contributed by atoms with Crippen LogP contribution in [0, 0.1) is 28.1 Å². The Kier molecular flexibility index (Phi) is 14.5. The van der Waals surface area contributed by atoms with Crippen LogP contribution in [0.4, 0.5) is 0 Å². The van der Waals surface area contributed by atoms with Gasteiger partial charge in [-0.05, 0) is 52.6 Å². The van der Waals surface area contributed by atoms with Crippen molar-refractivity contribution in [2.45, 2.75) is 69.2 Å². The molecule has 0 amide bonds. The predicted octanol–water partition coefficient (Wildman–Crippen LogP) is 6.42. The van der Waals surface area contributed by atoms with Crippen LogP contribution >= 0.6 is 0 Å².